The van der Waals surface area contributed by atoms with Crippen LogP contribution in [0.1, 0.15) is 144 Å². The molecule has 12 rings (SSSR count). The van der Waals surface area contributed by atoms with E-state index in [9.17, 15) is 35.9 Å². The van der Waals surface area contributed by atoms with Crippen LogP contribution in [0.15, 0.2) is 60.7 Å². The molecule has 0 radical (unpaired) electrons. The van der Waals surface area contributed by atoms with E-state index in [-0.39, 0.29) is 67.7 Å². The second-order valence-electron chi connectivity index (χ2n) is 22.0. The number of rotatable bonds is 7. The van der Waals surface area contributed by atoms with Crippen molar-refractivity contribution >= 4 is 108 Å². The number of anilines is 1. The van der Waals surface area contributed by atoms with Crippen LogP contribution in [0.25, 0.3) is 22.1 Å². The number of hydrogen-bond acceptors (Lipinski definition) is 18. The maximum absolute atomic E-state index is 11.7. The van der Waals surface area contributed by atoms with Crippen molar-refractivity contribution in [1.82, 2.24) is 34.8 Å². The first kappa shape index (κ1) is 70.0. The summed E-state index contributed by atoms with van der Waals surface area (Å²) in [5.74, 6) is -6.67. The van der Waals surface area contributed by atoms with Gasteiger partial charge >= 0.3 is 24.3 Å². The Morgan fingerprint density at radius 2 is 1.19 bits per heavy atom. The number of aliphatic carboxylic acids is 2. The summed E-state index contributed by atoms with van der Waals surface area (Å²) < 4.78 is 90.8. The lowest BCUT2D eigenvalue weighted by Gasteiger charge is -2.43. The molecule has 4 aliphatic heterocycles. The van der Waals surface area contributed by atoms with Crippen LogP contribution in [-0.2, 0) is 64.2 Å². The molecule has 2 spiro atoms. The van der Waals surface area contributed by atoms with E-state index in [1.54, 1.807) is 4.68 Å². The fourth-order valence-electron chi connectivity index (χ4n) is 11.9. The van der Waals surface area contributed by atoms with Gasteiger partial charge in [-0.2, -0.15) is 36.5 Å². The van der Waals surface area contributed by atoms with Crippen LogP contribution in [0.3, 0.4) is 0 Å². The van der Waals surface area contributed by atoms with Gasteiger partial charge in [0.05, 0.1) is 5.52 Å². The summed E-state index contributed by atoms with van der Waals surface area (Å²) in [4.78, 5) is 51.4. The van der Waals surface area contributed by atoms with E-state index in [2.05, 4.69) is 136 Å². The number of piperidine rings is 2. The Morgan fingerprint density at radius 1 is 0.716 bits per heavy atom. The van der Waals surface area contributed by atoms with Crippen LogP contribution in [0.2, 0.25) is 5.15 Å². The Balaban J connectivity index is 0.000000180. The Bertz CT molecular complexity index is 3400. The van der Waals surface area contributed by atoms with Crippen molar-refractivity contribution in [3.05, 3.63) is 107 Å². The van der Waals surface area contributed by atoms with Crippen molar-refractivity contribution in [2.24, 2.45) is 22.3 Å². The van der Waals surface area contributed by atoms with E-state index < -0.39 is 24.3 Å². The largest absolute Gasteiger partial charge is 0.542 e. The lowest BCUT2D eigenvalue weighted by molar-refractivity contribution is -0.344. The minimum atomic E-state index is -5.19. The Kier molecular flexibility index (Phi) is 23.9. The van der Waals surface area contributed by atoms with Crippen molar-refractivity contribution in [1.29, 1.82) is 0 Å². The number of carbonyl (C=O) groups excluding carboxylic acids is 4. The zero-order valence-corrected chi connectivity index (χ0v) is 52.6. The zero-order chi connectivity index (χ0) is 63.0. The van der Waals surface area contributed by atoms with Crippen LogP contribution < -0.4 is 31.9 Å². The molecule has 3 aromatic heterocycles. The van der Waals surface area contributed by atoms with Crippen molar-refractivity contribution in [2.75, 3.05) is 44.3 Å². The molecule has 7 heterocycles. The summed E-state index contributed by atoms with van der Waals surface area (Å²) in [7, 11) is 0. The van der Waals surface area contributed by atoms with Gasteiger partial charge in [0.25, 0.3) is 0 Å². The quantitative estimate of drug-likeness (QED) is 0.0764. The Hall–Kier alpha value is -5.51. The van der Waals surface area contributed by atoms with E-state index >= 15 is 0 Å². The first-order valence-electron chi connectivity index (χ1n) is 28.2. The molecule has 480 valence electrons. The van der Waals surface area contributed by atoms with Gasteiger partial charge in [-0.05, 0) is 181 Å². The highest BCUT2D eigenvalue weighted by molar-refractivity contribution is 14.1. The molecule has 4 saturated heterocycles. The van der Waals surface area contributed by atoms with Gasteiger partial charge in [-0.1, -0.05) is 67.6 Å². The molecule has 3 aromatic carbocycles. The number of nitrogens with two attached hydrogens (primary N) is 2. The molecule has 20 nitrogen and oxygen atoms in total. The van der Waals surface area contributed by atoms with Gasteiger partial charge in [0.15, 0.2) is 27.0 Å². The molecule has 4 atom stereocenters. The van der Waals surface area contributed by atoms with E-state index in [1.165, 1.54) is 55.4 Å². The number of ether oxygens (including phenoxy) is 4. The molecule has 0 saturated carbocycles. The van der Waals surface area contributed by atoms with Gasteiger partial charge in [0, 0.05) is 68.9 Å². The SMILES string of the molecule is C.CC(=O)OCc1cc2c(I)nn(C3CCCCO3)c2cc1N1CCC2(CC1)Cc1ccccc1C2N.CC(=O)OCc1nc2c(I)nn(C3CCCCO3)c2nc1Cl.NC1c2ccccc2CC12CCNCC2.O=C([O-])C(F)(F)F.O=C([O-])C(F)(F)F. The number of carbonyl (C=O) groups is 4. The fourth-order valence-corrected chi connectivity index (χ4v) is 13.4. The second kappa shape index (κ2) is 30.1. The lowest BCUT2D eigenvalue weighted by Crippen LogP contribution is -2.44. The van der Waals surface area contributed by atoms with Gasteiger partial charge in [-0.15, -0.1) is 0 Å². The van der Waals surface area contributed by atoms with Crippen LogP contribution in [0.5, 0.6) is 0 Å². The third-order valence-electron chi connectivity index (χ3n) is 16.4. The summed E-state index contributed by atoms with van der Waals surface area (Å²) in [5, 5.41) is 31.6. The molecule has 2 aliphatic carbocycles. The summed E-state index contributed by atoms with van der Waals surface area (Å²) >= 11 is 10.6. The monoisotopic (exact) mass is 1480 g/mol. The molecule has 29 heteroatoms. The third kappa shape index (κ3) is 16.7. The number of carboxylic acids is 2. The minimum Gasteiger partial charge on any atom is -0.542 e. The van der Waals surface area contributed by atoms with Gasteiger partial charge in [-0.3, -0.25) is 9.59 Å². The third-order valence-corrected chi connectivity index (χ3v) is 18.2. The van der Waals surface area contributed by atoms with Crippen molar-refractivity contribution < 1.29 is 74.7 Å². The number of halogens is 9. The van der Waals surface area contributed by atoms with Crippen LogP contribution >= 0.6 is 56.8 Å². The highest BCUT2D eigenvalue weighted by Gasteiger charge is 2.47. The highest BCUT2D eigenvalue weighted by atomic mass is 127. The topological polar surface area (TPSA) is 280 Å². The van der Waals surface area contributed by atoms with Crippen LogP contribution in [0, 0.1) is 18.2 Å². The average Bonchev–Trinajstić information content (AvgIpc) is 1.70. The first-order valence-corrected chi connectivity index (χ1v) is 30.7. The predicted molar refractivity (Wildman–Crippen MR) is 326 cm³/mol. The number of nitrogens with one attached hydrogen (secondary N) is 1. The fraction of sp³-hybridized carbons (Fsp3) is 0.525. The van der Waals surface area contributed by atoms with E-state index in [4.69, 9.17) is 66.9 Å². The number of carboxylic acid groups (broad SMARTS) is 2. The maximum Gasteiger partial charge on any atom is 0.430 e. The molecule has 4 unspecified atom stereocenters. The Morgan fingerprint density at radius 3 is 1.67 bits per heavy atom. The van der Waals surface area contributed by atoms with Gasteiger partial charge in [-0.25, -0.2) is 19.3 Å². The molecule has 88 heavy (non-hydrogen) atoms. The standard InChI is InChI=1S/C28H33IN4O3.C13H14ClIN4O3.C13H18N2.2C2HF3O2.CH4/c1-18(34)36-17-20-14-22-24(33(31-27(22)29)25-8-4-5-13-35-25)15-23(20)32-11-9-28(10-12-32)16-19-6-2-3-7-21(19)26(28)30;1-7(20)22-6-8-11(14)17-13-10(16-8)12(15)18-19(13)9-4-2-3-5-21-9;14-12-11-4-2-1-3-10(11)9-13(12)5-7-15-8-6-13;2*3-2(4,5)1(6)7;/h2-3,6-7,14-15,25-26H,4-5,8-13,16-17,30H2,1H3;9H,2-6H2,1H3;1-4,12,15H,5-9,14H2;2*(H,6,7);1H4/p-2. The van der Waals surface area contributed by atoms with Crippen LogP contribution in [-0.4, -0.2) is 105 Å². The number of aromatic nitrogens is 6. The summed E-state index contributed by atoms with van der Waals surface area (Å²) in [6.07, 6.45) is 2.49. The number of nitrogens with zero attached hydrogens (tertiary/aromatic N) is 7. The summed E-state index contributed by atoms with van der Waals surface area (Å²) in [5.41, 5.74) is 24.2. The summed E-state index contributed by atoms with van der Waals surface area (Å²) in [6, 6.07) is 22.1. The number of esters is 2. The maximum atomic E-state index is 11.7. The van der Waals surface area contributed by atoms with Crippen molar-refractivity contribution in [3.8, 4) is 0 Å². The molecule has 4 fully saturated rings. The number of alkyl halides is 6. The molecule has 0 amide bonds. The van der Waals surface area contributed by atoms with Gasteiger partial charge in [0.2, 0.25) is 0 Å². The molecular formula is C59H69ClF6I2N10O10-2. The first-order chi connectivity index (χ1) is 41.2. The predicted octanol–water partition coefficient (Wildman–Crippen LogP) is 8.94. The van der Waals surface area contributed by atoms with Crippen molar-refractivity contribution in [3.63, 3.8) is 0 Å². The van der Waals surface area contributed by atoms with Crippen LogP contribution in [0.4, 0.5) is 32.0 Å². The minimum absolute atomic E-state index is 0. The van der Waals surface area contributed by atoms with E-state index in [0.717, 1.165) is 120 Å². The molecule has 6 aromatic rings. The molecule has 5 N–H and O–H groups in total. The normalized spacial score (nSPS) is 20.7. The average molecular weight is 1480 g/mol. The van der Waals surface area contributed by atoms with E-state index in [1.807, 2.05) is 0 Å². The smallest absolute Gasteiger partial charge is 0.430 e. The number of fused-ring (bicyclic) bond motifs is 4. The second-order valence-corrected chi connectivity index (χ2v) is 24.4. The van der Waals surface area contributed by atoms with Gasteiger partial charge < -0.3 is 60.4 Å². The number of hydrogen-bond donors (Lipinski definition) is 3. The van der Waals surface area contributed by atoms with Gasteiger partial charge in [0.1, 0.15) is 40.1 Å². The Labute approximate surface area is 536 Å². The summed E-state index contributed by atoms with van der Waals surface area (Å²) in [6.45, 7) is 8.64. The molecular weight excluding hydrogens is 1410 g/mol. The highest BCUT2D eigenvalue weighted by Crippen LogP contribution is 2.52. The molecule has 0 bridgehead atoms. The van der Waals surface area contributed by atoms with Crippen molar-refractivity contribution in [2.45, 2.75) is 148 Å². The number of benzene rings is 3. The zero-order valence-electron chi connectivity index (χ0n) is 47.5. The lowest BCUT2D eigenvalue weighted by atomic mass is 9.73. The molecule has 6 aliphatic rings. The van der Waals surface area contributed by atoms with E-state index in [0.29, 0.717) is 28.9 Å².